The highest BCUT2D eigenvalue weighted by Crippen LogP contribution is 2.42. The third-order valence-corrected chi connectivity index (χ3v) is 11.4. The Labute approximate surface area is 245 Å². The predicted molar refractivity (Wildman–Crippen MR) is 166 cm³/mol. The zero-order valence-corrected chi connectivity index (χ0v) is 24.9. The normalized spacial score (nSPS) is 23.2. The summed E-state index contributed by atoms with van der Waals surface area (Å²) in [4.78, 5) is 16.3. The number of fused-ring (bicyclic) bond motifs is 1. The molecule has 5 nitrogen and oxygen atoms in total. The summed E-state index contributed by atoms with van der Waals surface area (Å²) in [6.45, 7) is 8.00. The van der Waals surface area contributed by atoms with Crippen molar-refractivity contribution in [3.8, 4) is 11.8 Å². The van der Waals surface area contributed by atoms with Gasteiger partial charge in [-0.25, -0.2) is 0 Å². The summed E-state index contributed by atoms with van der Waals surface area (Å²) in [6.07, 6.45) is 7.29. The van der Waals surface area contributed by atoms with Crippen LogP contribution in [0.1, 0.15) is 66.4 Å². The predicted octanol–water partition coefficient (Wildman–Crippen LogP) is 6.79. The average molecular weight is 579 g/mol. The number of ketones is 1. The largest absolute Gasteiger partial charge is 0.491 e. The molecule has 3 aliphatic rings. The molecule has 212 valence electrons. The lowest BCUT2D eigenvalue weighted by Gasteiger charge is -2.42. The number of halogens is 1. The summed E-state index contributed by atoms with van der Waals surface area (Å²) >= 11 is 6.38. The maximum atomic E-state index is 13.6. The molecule has 7 heteroatoms. The van der Waals surface area contributed by atoms with Gasteiger partial charge in [0.15, 0.2) is 0 Å². The topological polar surface area (TPSA) is 73.6 Å². The average Bonchev–Trinajstić information content (AvgIpc) is 3.41. The number of hydrogen-bond donors (Lipinski definition) is 1. The maximum absolute atomic E-state index is 13.6. The summed E-state index contributed by atoms with van der Waals surface area (Å²) < 4.78 is 6.44. The van der Waals surface area contributed by atoms with Crippen molar-refractivity contribution in [3.63, 3.8) is 0 Å². The van der Waals surface area contributed by atoms with Crippen LogP contribution in [0.3, 0.4) is 0 Å². The van der Waals surface area contributed by atoms with Crippen molar-refractivity contribution in [2.24, 2.45) is 11.8 Å². The van der Waals surface area contributed by atoms with Gasteiger partial charge >= 0.3 is 0 Å². The number of aryl methyl sites for hydroxylation is 1. The van der Waals surface area contributed by atoms with Crippen molar-refractivity contribution in [1.82, 2.24) is 0 Å². The number of anilines is 1. The fourth-order valence-electron chi connectivity index (χ4n) is 6.42. The van der Waals surface area contributed by atoms with E-state index in [4.69, 9.17) is 16.3 Å². The summed E-state index contributed by atoms with van der Waals surface area (Å²) in [5.41, 5.74) is 3.94. The molecule has 1 N–H and O–H groups in total. The van der Waals surface area contributed by atoms with E-state index in [2.05, 4.69) is 36.6 Å². The van der Waals surface area contributed by atoms with Crippen LogP contribution in [0.5, 0.6) is 5.75 Å². The Morgan fingerprint density at radius 2 is 2.08 bits per heavy atom. The standard InChI is InChI=1S/C33H39ClN2O3S/c1-3-7-22-16-26(34)10-12-27(22)25-20-36(19-24-8-11-28(24)30(37)4-2)29-17-23(9-13-31(29)39-21-25)33(38)32(18-35)40-14-5-6-15-40/h4,9-10,12-13,16-17,24-25,28,30,37H,2-3,5-8,11,14-15,19-21H2,1H3. The Morgan fingerprint density at radius 1 is 1.27 bits per heavy atom. The Kier molecular flexibility index (Phi) is 9.35. The van der Waals surface area contributed by atoms with Gasteiger partial charge in [0.2, 0.25) is 5.78 Å². The zero-order valence-electron chi connectivity index (χ0n) is 23.3. The van der Waals surface area contributed by atoms with Crippen LogP contribution in [0.15, 0.2) is 49.1 Å². The van der Waals surface area contributed by atoms with Crippen LogP contribution < -0.4 is 9.64 Å². The van der Waals surface area contributed by atoms with E-state index in [0.29, 0.717) is 23.0 Å². The Hall–Kier alpha value is -2.59. The molecule has 1 saturated carbocycles. The van der Waals surface area contributed by atoms with Crippen LogP contribution in [-0.4, -0.2) is 53.1 Å². The molecule has 2 heterocycles. The fourth-order valence-corrected chi connectivity index (χ4v) is 8.84. The molecule has 0 bridgehead atoms. The van der Waals surface area contributed by atoms with E-state index in [1.807, 2.05) is 24.3 Å². The van der Waals surface area contributed by atoms with Crippen LogP contribution in [0.25, 0.3) is 0 Å². The molecule has 2 aliphatic heterocycles. The lowest BCUT2D eigenvalue weighted by atomic mass is 9.70. The highest BCUT2D eigenvalue weighted by atomic mass is 35.5. The van der Waals surface area contributed by atoms with E-state index in [1.165, 1.54) is 11.1 Å². The molecule has 40 heavy (non-hydrogen) atoms. The highest BCUT2D eigenvalue weighted by molar-refractivity contribution is 8.17. The molecular formula is C33H39ClN2O3S. The third kappa shape index (κ3) is 6.03. The molecule has 2 fully saturated rings. The van der Waals surface area contributed by atoms with E-state index in [9.17, 15) is 15.2 Å². The molecule has 1 aliphatic carbocycles. The quantitative estimate of drug-likeness (QED) is 0.201. The van der Waals surface area contributed by atoms with Crippen LogP contribution in [0.4, 0.5) is 5.69 Å². The second kappa shape index (κ2) is 12.9. The first-order valence-electron chi connectivity index (χ1n) is 14.5. The minimum absolute atomic E-state index is 0.120. The fraction of sp³-hybridized carbons (Fsp3) is 0.485. The number of ether oxygens (including phenoxy) is 1. The number of aliphatic hydroxyl groups is 1. The van der Waals surface area contributed by atoms with Crippen molar-refractivity contribution in [1.29, 1.82) is 5.26 Å². The second-order valence-corrected chi connectivity index (χ2v) is 13.9. The number of nitriles is 1. The van der Waals surface area contributed by atoms with Gasteiger partial charge in [-0.3, -0.25) is 4.79 Å². The molecule has 0 spiro atoms. The Morgan fingerprint density at radius 3 is 2.75 bits per heavy atom. The first-order valence-corrected chi connectivity index (χ1v) is 16.5. The number of hydrogen-bond acceptors (Lipinski definition) is 5. The van der Waals surface area contributed by atoms with Gasteiger partial charge in [0.05, 0.1) is 18.4 Å². The minimum Gasteiger partial charge on any atom is -0.491 e. The van der Waals surface area contributed by atoms with Crippen LogP contribution >= 0.6 is 22.1 Å². The van der Waals surface area contributed by atoms with Gasteiger partial charge in [0, 0.05) is 29.6 Å². The van der Waals surface area contributed by atoms with Gasteiger partial charge < -0.3 is 14.7 Å². The van der Waals surface area contributed by atoms with Gasteiger partial charge in [-0.2, -0.15) is 15.7 Å². The molecule has 4 unspecified atom stereocenters. The molecule has 5 rings (SSSR count). The number of benzene rings is 2. The van der Waals surface area contributed by atoms with Gasteiger partial charge in [0.25, 0.3) is 0 Å². The van der Waals surface area contributed by atoms with E-state index in [1.54, 1.807) is 6.08 Å². The lowest BCUT2D eigenvalue weighted by Crippen LogP contribution is -2.43. The van der Waals surface area contributed by atoms with Crippen molar-refractivity contribution in [3.05, 3.63) is 70.8 Å². The SMILES string of the molecule is C=CC(O)C1CCC1CN1CC(c2ccc(Cl)cc2CCC)COc2ccc(C(=O)C(C#N)=S3CCCC3)cc21. The summed E-state index contributed by atoms with van der Waals surface area (Å²) in [6, 6.07) is 14.1. The number of rotatable bonds is 9. The number of carbonyl (C=O) groups excluding carboxylic acids is 1. The van der Waals surface area contributed by atoms with Crippen LogP contribution in [0.2, 0.25) is 5.02 Å². The van der Waals surface area contributed by atoms with Crippen LogP contribution in [-0.2, 0) is 6.42 Å². The molecule has 0 radical (unpaired) electrons. The van der Waals surface area contributed by atoms with Gasteiger partial charge in [-0.15, -0.1) is 6.58 Å². The van der Waals surface area contributed by atoms with E-state index in [-0.39, 0.29) is 28.1 Å². The molecule has 2 aromatic rings. The van der Waals surface area contributed by atoms with Crippen molar-refractivity contribution in [2.75, 3.05) is 36.1 Å². The van der Waals surface area contributed by atoms with E-state index >= 15 is 0 Å². The van der Waals surface area contributed by atoms with Gasteiger partial charge in [0.1, 0.15) is 16.7 Å². The lowest BCUT2D eigenvalue weighted by molar-refractivity contribution is 0.0465. The Bertz CT molecular complexity index is 1340. The zero-order chi connectivity index (χ0) is 28.2. The van der Waals surface area contributed by atoms with E-state index in [0.717, 1.165) is 79.6 Å². The van der Waals surface area contributed by atoms with Crippen molar-refractivity contribution in [2.45, 2.75) is 57.5 Å². The van der Waals surface area contributed by atoms with Gasteiger partial charge in [-0.1, -0.05) is 37.1 Å². The maximum Gasteiger partial charge on any atom is 0.209 e. The molecule has 0 aromatic heterocycles. The number of nitrogens with zero attached hydrogens (tertiary/aromatic N) is 2. The molecule has 2 aromatic carbocycles. The first kappa shape index (κ1) is 28.9. The third-order valence-electron chi connectivity index (χ3n) is 8.75. The number of aliphatic hydroxyl groups excluding tert-OH is 1. The first-order chi connectivity index (χ1) is 19.4. The second-order valence-electron chi connectivity index (χ2n) is 11.3. The molecule has 1 saturated heterocycles. The van der Waals surface area contributed by atoms with E-state index < -0.39 is 6.10 Å². The van der Waals surface area contributed by atoms with Crippen molar-refractivity contribution >= 4 is 38.4 Å². The minimum atomic E-state index is -0.516. The monoisotopic (exact) mass is 578 g/mol. The van der Waals surface area contributed by atoms with Crippen molar-refractivity contribution < 1.29 is 14.6 Å². The molecular weight excluding hydrogens is 540 g/mol. The van der Waals surface area contributed by atoms with Gasteiger partial charge in [-0.05, 0) is 96.9 Å². The summed E-state index contributed by atoms with van der Waals surface area (Å²) in [5, 5.41) is 21.2. The molecule has 4 atom stereocenters. The summed E-state index contributed by atoms with van der Waals surface area (Å²) in [7, 11) is -0.246. The number of Topliss-reactive ketones (excluding diaryl/α,β-unsaturated/α-hetero) is 1. The number of carbonyl (C=O) groups is 1. The highest BCUT2D eigenvalue weighted by Gasteiger charge is 2.38. The Balaban J connectivity index is 1.51. The van der Waals surface area contributed by atoms with Crippen LogP contribution in [0, 0.1) is 23.2 Å². The molecule has 0 amide bonds. The smallest absolute Gasteiger partial charge is 0.209 e. The summed E-state index contributed by atoms with van der Waals surface area (Å²) in [5.74, 6) is 3.10.